The van der Waals surface area contributed by atoms with Crippen molar-refractivity contribution in [3.63, 3.8) is 0 Å². The fourth-order valence-electron chi connectivity index (χ4n) is 1.61. The first-order valence-electron chi connectivity index (χ1n) is 5.54. The second-order valence-electron chi connectivity index (χ2n) is 3.74. The first-order valence-corrected chi connectivity index (χ1v) is 5.54. The van der Waals surface area contributed by atoms with Gasteiger partial charge in [-0.1, -0.05) is 12.1 Å². The van der Waals surface area contributed by atoms with Crippen LogP contribution in [0.15, 0.2) is 30.5 Å². The van der Waals surface area contributed by atoms with E-state index in [-0.39, 0.29) is 5.82 Å². The molecule has 0 saturated carbocycles. The van der Waals surface area contributed by atoms with Gasteiger partial charge in [-0.05, 0) is 31.5 Å². The fraction of sp³-hybridized carbons (Fsp3) is 0.231. The van der Waals surface area contributed by atoms with Gasteiger partial charge in [-0.3, -0.25) is 0 Å². The van der Waals surface area contributed by atoms with Crippen LogP contribution in [-0.2, 0) is 0 Å². The number of aryl methyl sites for hydroxylation is 1. The Hall–Kier alpha value is -1.97. The van der Waals surface area contributed by atoms with Gasteiger partial charge in [0.25, 0.3) is 0 Å². The maximum atomic E-state index is 13.7. The molecular formula is C13H14FN3. The minimum atomic E-state index is -0.267. The molecule has 0 aliphatic carbocycles. The lowest BCUT2D eigenvalue weighted by Gasteiger charge is -2.08. The summed E-state index contributed by atoms with van der Waals surface area (Å²) in [5.74, 6) is 0.258. The number of benzene rings is 1. The Morgan fingerprint density at radius 2 is 2.06 bits per heavy atom. The Balaban J connectivity index is 2.51. The second-order valence-corrected chi connectivity index (χ2v) is 3.74. The third kappa shape index (κ3) is 2.41. The topological polar surface area (TPSA) is 37.8 Å². The van der Waals surface area contributed by atoms with Crippen molar-refractivity contribution in [2.75, 3.05) is 11.9 Å². The van der Waals surface area contributed by atoms with Gasteiger partial charge in [-0.25, -0.2) is 14.4 Å². The minimum absolute atomic E-state index is 0.267. The monoisotopic (exact) mass is 231 g/mol. The smallest absolute Gasteiger partial charge is 0.223 e. The Labute approximate surface area is 99.7 Å². The fourth-order valence-corrected chi connectivity index (χ4v) is 1.61. The summed E-state index contributed by atoms with van der Waals surface area (Å²) in [6, 6.07) is 6.62. The highest BCUT2D eigenvalue weighted by Crippen LogP contribution is 2.24. The molecule has 1 aromatic heterocycles. The second kappa shape index (κ2) is 4.91. The van der Waals surface area contributed by atoms with Crippen molar-refractivity contribution in [1.82, 2.24) is 9.97 Å². The largest absolute Gasteiger partial charge is 0.354 e. The zero-order valence-corrected chi connectivity index (χ0v) is 9.87. The molecule has 0 aliphatic rings. The number of nitrogens with one attached hydrogen (secondary N) is 1. The molecule has 2 rings (SSSR count). The Kier molecular flexibility index (Phi) is 3.32. The molecular weight excluding hydrogens is 217 g/mol. The van der Waals surface area contributed by atoms with Gasteiger partial charge in [0.2, 0.25) is 5.95 Å². The zero-order chi connectivity index (χ0) is 12.3. The highest BCUT2D eigenvalue weighted by molar-refractivity contribution is 5.64. The van der Waals surface area contributed by atoms with Crippen molar-refractivity contribution in [3.8, 4) is 11.3 Å². The van der Waals surface area contributed by atoms with E-state index in [0.717, 1.165) is 12.1 Å². The van der Waals surface area contributed by atoms with Gasteiger partial charge >= 0.3 is 0 Å². The molecule has 1 heterocycles. The summed E-state index contributed by atoms with van der Waals surface area (Å²) in [4.78, 5) is 8.47. The van der Waals surface area contributed by atoms with Crippen molar-refractivity contribution in [1.29, 1.82) is 0 Å². The summed E-state index contributed by atoms with van der Waals surface area (Å²) in [7, 11) is 0. The van der Waals surface area contributed by atoms with E-state index < -0.39 is 0 Å². The van der Waals surface area contributed by atoms with Crippen LogP contribution < -0.4 is 5.32 Å². The average Bonchev–Trinajstić information content (AvgIpc) is 2.33. The summed E-state index contributed by atoms with van der Waals surface area (Å²) in [5.41, 5.74) is 2.00. The van der Waals surface area contributed by atoms with E-state index in [1.807, 2.05) is 13.8 Å². The van der Waals surface area contributed by atoms with Gasteiger partial charge in [-0.15, -0.1) is 0 Å². The van der Waals surface area contributed by atoms with Crippen LogP contribution in [0.2, 0.25) is 0 Å². The SMILES string of the molecule is CCNc1ncc(C)c(-c2ccccc2F)n1. The molecule has 0 unspecified atom stereocenters. The molecule has 88 valence electrons. The van der Waals surface area contributed by atoms with Crippen LogP contribution in [0.1, 0.15) is 12.5 Å². The highest BCUT2D eigenvalue weighted by Gasteiger charge is 2.10. The number of rotatable bonds is 3. The molecule has 3 nitrogen and oxygen atoms in total. The molecule has 17 heavy (non-hydrogen) atoms. The maximum Gasteiger partial charge on any atom is 0.223 e. The Morgan fingerprint density at radius 1 is 1.29 bits per heavy atom. The lowest BCUT2D eigenvalue weighted by atomic mass is 10.1. The number of hydrogen-bond acceptors (Lipinski definition) is 3. The normalized spacial score (nSPS) is 10.3. The molecule has 1 aromatic carbocycles. The number of anilines is 1. The van der Waals surface area contributed by atoms with E-state index in [1.165, 1.54) is 6.07 Å². The molecule has 0 atom stereocenters. The predicted octanol–water partition coefficient (Wildman–Crippen LogP) is 3.02. The van der Waals surface area contributed by atoms with Gasteiger partial charge in [-0.2, -0.15) is 0 Å². The molecule has 0 bridgehead atoms. The molecule has 0 fully saturated rings. The van der Waals surface area contributed by atoms with Gasteiger partial charge in [0.15, 0.2) is 0 Å². The molecule has 2 aromatic rings. The lowest BCUT2D eigenvalue weighted by Crippen LogP contribution is -2.04. The molecule has 0 aliphatic heterocycles. The van der Waals surface area contributed by atoms with Crippen LogP contribution in [0.5, 0.6) is 0 Å². The Morgan fingerprint density at radius 3 is 2.76 bits per heavy atom. The molecule has 0 amide bonds. The third-order valence-corrected chi connectivity index (χ3v) is 2.44. The first-order chi connectivity index (χ1) is 8.22. The van der Waals surface area contributed by atoms with E-state index in [1.54, 1.807) is 24.4 Å². The van der Waals surface area contributed by atoms with Gasteiger partial charge in [0, 0.05) is 18.3 Å². The standard InChI is InChI=1S/C13H14FN3/c1-3-15-13-16-8-9(2)12(17-13)10-6-4-5-7-11(10)14/h4-8H,3H2,1-2H3,(H,15,16,17). The number of halogens is 1. The zero-order valence-electron chi connectivity index (χ0n) is 9.87. The molecule has 4 heteroatoms. The van der Waals surface area contributed by atoms with Crippen LogP contribution in [0.4, 0.5) is 10.3 Å². The van der Waals surface area contributed by atoms with Crippen molar-refractivity contribution >= 4 is 5.95 Å². The number of nitrogens with zero attached hydrogens (tertiary/aromatic N) is 2. The number of hydrogen-bond donors (Lipinski definition) is 1. The van der Waals surface area contributed by atoms with Gasteiger partial charge in [0.05, 0.1) is 5.69 Å². The predicted molar refractivity (Wildman–Crippen MR) is 66.3 cm³/mol. The summed E-state index contributed by atoms with van der Waals surface area (Å²) in [5, 5.41) is 3.02. The van der Waals surface area contributed by atoms with Crippen molar-refractivity contribution in [3.05, 3.63) is 41.8 Å². The van der Waals surface area contributed by atoms with E-state index in [2.05, 4.69) is 15.3 Å². The summed E-state index contributed by atoms with van der Waals surface area (Å²) >= 11 is 0. The third-order valence-electron chi connectivity index (χ3n) is 2.44. The van der Waals surface area contributed by atoms with Crippen LogP contribution in [-0.4, -0.2) is 16.5 Å². The van der Waals surface area contributed by atoms with Gasteiger partial charge in [0.1, 0.15) is 5.82 Å². The molecule has 0 spiro atoms. The van der Waals surface area contributed by atoms with Gasteiger partial charge < -0.3 is 5.32 Å². The molecule has 1 N–H and O–H groups in total. The maximum absolute atomic E-state index is 13.7. The van der Waals surface area contributed by atoms with Crippen molar-refractivity contribution < 1.29 is 4.39 Å². The molecule has 0 radical (unpaired) electrons. The summed E-state index contributed by atoms with van der Waals surface area (Å²) in [6.07, 6.45) is 1.70. The van der Waals surface area contributed by atoms with E-state index in [0.29, 0.717) is 17.2 Å². The summed E-state index contributed by atoms with van der Waals surface area (Å²) in [6.45, 7) is 4.57. The van der Waals surface area contributed by atoms with E-state index in [9.17, 15) is 4.39 Å². The highest BCUT2D eigenvalue weighted by atomic mass is 19.1. The van der Waals surface area contributed by atoms with E-state index >= 15 is 0 Å². The number of aromatic nitrogens is 2. The summed E-state index contributed by atoms with van der Waals surface area (Å²) < 4.78 is 13.7. The van der Waals surface area contributed by atoms with E-state index in [4.69, 9.17) is 0 Å². The van der Waals surface area contributed by atoms with Crippen molar-refractivity contribution in [2.45, 2.75) is 13.8 Å². The van der Waals surface area contributed by atoms with Crippen LogP contribution >= 0.6 is 0 Å². The lowest BCUT2D eigenvalue weighted by molar-refractivity contribution is 0.630. The quantitative estimate of drug-likeness (QED) is 0.882. The Bertz CT molecular complexity index is 526. The first kappa shape index (κ1) is 11.5. The van der Waals surface area contributed by atoms with Crippen LogP contribution in [0.3, 0.4) is 0 Å². The average molecular weight is 231 g/mol. The molecule has 0 saturated heterocycles. The minimum Gasteiger partial charge on any atom is -0.354 e. The van der Waals surface area contributed by atoms with Crippen LogP contribution in [0.25, 0.3) is 11.3 Å². The van der Waals surface area contributed by atoms with Crippen LogP contribution in [0, 0.1) is 12.7 Å². The van der Waals surface area contributed by atoms with Crippen molar-refractivity contribution in [2.24, 2.45) is 0 Å².